The molecule has 2 fully saturated rings. The average Bonchev–Trinajstić information content (AvgIpc) is 2.78. The zero-order valence-electron chi connectivity index (χ0n) is 20.1. The van der Waals surface area contributed by atoms with Crippen molar-refractivity contribution < 1.29 is 63.9 Å². The molecule has 0 bridgehead atoms. The lowest BCUT2D eigenvalue weighted by molar-refractivity contribution is -0.367. The Labute approximate surface area is 203 Å². The molecule has 1 amide bonds. The van der Waals surface area contributed by atoms with E-state index in [1.807, 2.05) is 0 Å². The summed E-state index contributed by atoms with van der Waals surface area (Å²) in [5, 5.41) is 60.7. The van der Waals surface area contributed by atoms with Gasteiger partial charge in [0.2, 0.25) is 0 Å². The number of rotatable bonds is 11. The van der Waals surface area contributed by atoms with Crippen molar-refractivity contribution in [1.29, 1.82) is 0 Å². The highest BCUT2D eigenvalue weighted by atomic mass is 16.8. The number of nitrogens with two attached hydrogens (primary N) is 1. The minimum atomic E-state index is -1.79. The molecule has 0 aromatic carbocycles. The van der Waals surface area contributed by atoms with Crippen LogP contribution < -0.4 is 5.73 Å². The van der Waals surface area contributed by atoms with Gasteiger partial charge < -0.3 is 64.8 Å². The molecule has 2 saturated heterocycles. The summed E-state index contributed by atoms with van der Waals surface area (Å²) in [7, 11) is 0. The summed E-state index contributed by atoms with van der Waals surface area (Å²) >= 11 is 0. The molecule has 1 unspecified atom stereocenters. The van der Waals surface area contributed by atoms with E-state index in [9.17, 15) is 35.4 Å². The largest absolute Gasteiger partial charge is 0.441 e. The maximum atomic E-state index is 11.2. The Morgan fingerprint density at radius 2 is 1.43 bits per heavy atom. The zero-order chi connectivity index (χ0) is 26.3. The van der Waals surface area contributed by atoms with Gasteiger partial charge in [-0.3, -0.25) is 0 Å². The Hall–Kier alpha value is -1.17. The second-order valence-corrected chi connectivity index (χ2v) is 9.71. The highest BCUT2D eigenvalue weighted by molar-refractivity contribution is 5.65. The van der Waals surface area contributed by atoms with Crippen LogP contribution in [0.4, 0.5) is 4.79 Å². The number of primary amides is 1. The number of carbonyl (C=O) groups excluding carboxylic acids is 1. The van der Waals surface area contributed by atoms with Crippen LogP contribution in [0, 0.1) is 5.41 Å². The van der Waals surface area contributed by atoms with Crippen LogP contribution in [0.3, 0.4) is 0 Å². The van der Waals surface area contributed by atoms with Gasteiger partial charge in [0, 0.05) is 6.61 Å². The van der Waals surface area contributed by atoms with Crippen LogP contribution in [0.5, 0.6) is 0 Å². The van der Waals surface area contributed by atoms with Crippen LogP contribution in [0.1, 0.15) is 27.2 Å². The summed E-state index contributed by atoms with van der Waals surface area (Å²) in [5.74, 6) is 0. The third kappa shape index (κ3) is 8.43. The summed E-state index contributed by atoms with van der Waals surface area (Å²) in [5.41, 5.74) is 5.09. The zero-order valence-corrected chi connectivity index (χ0v) is 20.1. The Bertz CT molecular complexity index is 647. The maximum absolute atomic E-state index is 11.2. The number of aliphatic hydroxyl groups is 6. The molecule has 0 aromatic heterocycles. The van der Waals surface area contributed by atoms with Crippen LogP contribution in [-0.4, -0.2) is 131 Å². The fourth-order valence-corrected chi connectivity index (χ4v) is 3.63. The first kappa shape index (κ1) is 30.1. The fourth-order valence-electron chi connectivity index (χ4n) is 3.63. The molecule has 206 valence electrons. The van der Waals surface area contributed by atoms with Gasteiger partial charge in [0.1, 0.15) is 42.7 Å². The van der Waals surface area contributed by atoms with Crippen molar-refractivity contribution in [3.8, 4) is 0 Å². The van der Waals surface area contributed by atoms with Crippen LogP contribution in [-0.2, 0) is 28.4 Å². The van der Waals surface area contributed by atoms with Crippen LogP contribution in [0.2, 0.25) is 0 Å². The molecule has 0 aliphatic carbocycles. The predicted molar refractivity (Wildman–Crippen MR) is 116 cm³/mol. The first-order valence-electron chi connectivity index (χ1n) is 11.5. The third-order valence-corrected chi connectivity index (χ3v) is 5.70. The van der Waals surface area contributed by atoms with E-state index in [4.69, 9.17) is 34.2 Å². The molecule has 2 aliphatic heterocycles. The van der Waals surface area contributed by atoms with E-state index >= 15 is 0 Å². The summed E-state index contributed by atoms with van der Waals surface area (Å²) in [4.78, 5) is 11.2. The lowest BCUT2D eigenvalue weighted by Gasteiger charge is -2.46. The molecule has 2 rings (SSSR count). The van der Waals surface area contributed by atoms with Gasteiger partial charge in [-0.05, 0) is 11.8 Å². The van der Waals surface area contributed by atoms with E-state index in [0.717, 1.165) is 6.42 Å². The summed E-state index contributed by atoms with van der Waals surface area (Å²) in [6, 6.07) is 0. The van der Waals surface area contributed by atoms with Gasteiger partial charge in [0.05, 0.1) is 26.4 Å². The number of hydrogen-bond donors (Lipinski definition) is 7. The first-order valence-corrected chi connectivity index (χ1v) is 11.5. The number of hydrogen-bond acceptors (Lipinski definition) is 13. The lowest BCUT2D eigenvalue weighted by atomic mass is 9.93. The molecule has 2 heterocycles. The maximum Gasteiger partial charge on any atom is 0.404 e. The molecule has 14 heteroatoms. The topological polar surface area (TPSA) is 220 Å². The van der Waals surface area contributed by atoms with Crippen molar-refractivity contribution in [3.05, 3.63) is 0 Å². The van der Waals surface area contributed by atoms with E-state index in [0.29, 0.717) is 6.61 Å². The van der Waals surface area contributed by atoms with Gasteiger partial charge in [-0.1, -0.05) is 20.8 Å². The number of aliphatic hydroxyl groups excluding tert-OH is 6. The Balaban J connectivity index is 2.08. The normalized spacial score (nSPS) is 38.3. The molecule has 0 aromatic rings. The molecular formula is C21H39NO13. The van der Waals surface area contributed by atoms with E-state index in [2.05, 4.69) is 20.8 Å². The molecule has 8 N–H and O–H groups in total. The highest BCUT2D eigenvalue weighted by Crippen LogP contribution is 2.30. The summed E-state index contributed by atoms with van der Waals surface area (Å²) in [6.07, 6.45) is -15.7. The molecule has 35 heavy (non-hydrogen) atoms. The number of amides is 1. The van der Waals surface area contributed by atoms with Gasteiger partial charge in [-0.2, -0.15) is 0 Å². The average molecular weight is 514 g/mol. The molecule has 0 radical (unpaired) electrons. The number of ether oxygens (including phenoxy) is 6. The monoisotopic (exact) mass is 513 g/mol. The fraction of sp³-hybridized carbons (Fsp3) is 0.952. The van der Waals surface area contributed by atoms with Gasteiger partial charge in [0.15, 0.2) is 18.7 Å². The van der Waals surface area contributed by atoms with Crippen LogP contribution in [0.25, 0.3) is 0 Å². The van der Waals surface area contributed by atoms with E-state index < -0.39 is 80.7 Å². The predicted octanol–water partition coefficient (Wildman–Crippen LogP) is -2.82. The standard InChI is InChI=1S/C21H39NO13/c1-21(2,3)4-5-30-6-7-31-19-17(14(27)12(25)10(8-23)33-19)34-18-15(28)16(35-20(22)29)13(26)11(9-24)32-18/h10-19,23-28H,4-9H2,1-3H3,(H2,22,29)/t10-,11+,12+,13+,14-,15-,16-,17-,18+,19?/m0/s1. The minimum Gasteiger partial charge on any atom is -0.441 e. The van der Waals surface area contributed by atoms with Gasteiger partial charge >= 0.3 is 6.09 Å². The Morgan fingerprint density at radius 3 is 2.00 bits per heavy atom. The molecule has 10 atom stereocenters. The molecule has 0 saturated carbocycles. The molecule has 14 nitrogen and oxygen atoms in total. The molecular weight excluding hydrogens is 474 g/mol. The Morgan fingerprint density at radius 1 is 0.829 bits per heavy atom. The van der Waals surface area contributed by atoms with Crippen molar-refractivity contribution in [1.82, 2.24) is 0 Å². The smallest absolute Gasteiger partial charge is 0.404 e. The van der Waals surface area contributed by atoms with E-state index in [-0.39, 0.29) is 18.6 Å². The van der Waals surface area contributed by atoms with Crippen molar-refractivity contribution in [3.63, 3.8) is 0 Å². The van der Waals surface area contributed by atoms with Crippen molar-refractivity contribution in [2.75, 3.05) is 33.0 Å². The van der Waals surface area contributed by atoms with Gasteiger partial charge in [0.25, 0.3) is 0 Å². The molecule has 2 aliphatic rings. The first-order chi connectivity index (χ1) is 16.4. The minimum absolute atomic E-state index is 0.00903. The van der Waals surface area contributed by atoms with Gasteiger partial charge in [-0.15, -0.1) is 0 Å². The van der Waals surface area contributed by atoms with Crippen molar-refractivity contribution >= 4 is 6.09 Å². The van der Waals surface area contributed by atoms with Crippen LogP contribution in [0.15, 0.2) is 0 Å². The summed E-state index contributed by atoms with van der Waals surface area (Å²) < 4.78 is 32.4. The quantitative estimate of drug-likeness (QED) is 0.139. The second kappa shape index (κ2) is 13.4. The SMILES string of the molecule is CC(C)(C)CCOCCOC1O[C@@H](CO)[C@@H](O)[C@H](O)[C@@H]1O[C@H]1O[C@H](CO)[C@@H](O)[C@H](OC(N)=O)[C@@H]1O. The Kier molecular flexibility index (Phi) is 11.5. The number of carbonyl (C=O) groups is 1. The van der Waals surface area contributed by atoms with Crippen molar-refractivity contribution in [2.24, 2.45) is 11.1 Å². The van der Waals surface area contributed by atoms with Gasteiger partial charge in [-0.25, -0.2) is 4.79 Å². The van der Waals surface area contributed by atoms with Crippen molar-refractivity contribution in [2.45, 2.75) is 88.6 Å². The van der Waals surface area contributed by atoms with Crippen LogP contribution >= 0.6 is 0 Å². The summed E-state index contributed by atoms with van der Waals surface area (Å²) in [6.45, 7) is 5.57. The third-order valence-electron chi connectivity index (χ3n) is 5.70. The van der Waals surface area contributed by atoms with E-state index in [1.165, 1.54) is 0 Å². The molecule has 0 spiro atoms. The lowest BCUT2D eigenvalue weighted by Crippen LogP contribution is -2.65. The highest BCUT2D eigenvalue weighted by Gasteiger charge is 2.52. The second-order valence-electron chi connectivity index (χ2n) is 9.71. The van der Waals surface area contributed by atoms with E-state index in [1.54, 1.807) is 0 Å².